The standard InChI is InChI=1S/C15H21IO2/c1-11(9-10-16)12-5-7-13(8-6-12)14(17)18-15(2,3)4/h5-8,11H,9-10H2,1-4H3. The average Bonchev–Trinajstić information content (AvgIpc) is 2.27. The summed E-state index contributed by atoms with van der Waals surface area (Å²) >= 11 is 2.39. The lowest BCUT2D eigenvalue weighted by Gasteiger charge is -2.19. The lowest BCUT2D eigenvalue weighted by atomic mass is 9.98. The van der Waals surface area contributed by atoms with E-state index in [1.165, 1.54) is 5.56 Å². The molecule has 0 aromatic heterocycles. The Morgan fingerprint density at radius 2 is 1.83 bits per heavy atom. The molecule has 0 aliphatic heterocycles. The average molecular weight is 360 g/mol. The van der Waals surface area contributed by atoms with Crippen molar-refractivity contribution < 1.29 is 9.53 Å². The molecule has 100 valence electrons. The van der Waals surface area contributed by atoms with E-state index in [0.717, 1.165) is 10.8 Å². The molecule has 0 N–H and O–H groups in total. The number of halogens is 1. The molecule has 0 saturated heterocycles. The first-order chi connectivity index (χ1) is 8.33. The van der Waals surface area contributed by atoms with Gasteiger partial charge in [-0.05, 0) is 50.8 Å². The highest BCUT2D eigenvalue weighted by molar-refractivity contribution is 14.1. The number of alkyl halides is 1. The fourth-order valence-corrected chi connectivity index (χ4v) is 2.55. The molecule has 0 spiro atoms. The maximum atomic E-state index is 11.8. The first-order valence-corrected chi connectivity index (χ1v) is 7.75. The number of hydrogen-bond donors (Lipinski definition) is 0. The van der Waals surface area contributed by atoms with Crippen LogP contribution in [0.25, 0.3) is 0 Å². The van der Waals surface area contributed by atoms with Crippen molar-refractivity contribution in [2.45, 2.75) is 45.6 Å². The summed E-state index contributed by atoms with van der Waals surface area (Å²) in [4.78, 5) is 11.8. The van der Waals surface area contributed by atoms with Crippen LogP contribution < -0.4 is 0 Å². The minimum absolute atomic E-state index is 0.254. The van der Waals surface area contributed by atoms with E-state index in [9.17, 15) is 4.79 Å². The molecule has 0 bridgehead atoms. The van der Waals surface area contributed by atoms with Crippen molar-refractivity contribution in [1.82, 2.24) is 0 Å². The van der Waals surface area contributed by atoms with E-state index < -0.39 is 5.60 Å². The summed E-state index contributed by atoms with van der Waals surface area (Å²) in [6.45, 7) is 7.84. The van der Waals surface area contributed by atoms with Crippen molar-refractivity contribution in [2.75, 3.05) is 4.43 Å². The molecule has 2 nitrogen and oxygen atoms in total. The molecule has 18 heavy (non-hydrogen) atoms. The molecule has 0 saturated carbocycles. The monoisotopic (exact) mass is 360 g/mol. The number of esters is 1. The molecule has 0 heterocycles. The molecule has 1 aromatic rings. The Labute approximate surface area is 123 Å². The molecule has 0 radical (unpaired) electrons. The Morgan fingerprint density at radius 3 is 2.28 bits per heavy atom. The molecule has 0 aliphatic rings. The highest BCUT2D eigenvalue weighted by Crippen LogP contribution is 2.21. The van der Waals surface area contributed by atoms with Crippen molar-refractivity contribution in [3.63, 3.8) is 0 Å². The fourth-order valence-electron chi connectivity index (χ4n) is 1.62. The predicted octanol–water partition coefficient (Wildman–Crippen LogP) is 4.57. The van der Waals surface area contributed by atoms with Gasteiger partial charge in [-0.15, -0.1) is 0 Å². The van der Waals surface area contributed by atoms with E-state index in [0.29, 0.717) is 11.5 Å². The zero-order valence-electron chi connectivity index (χ0n) is 11.5. The molecule has 0 amide bonds. The molecule has 0 aliphatic carbocycles. The van der Waals surface area contributed by atoms with Gasteiger partial charge in [0.1, 0.15) is 5.60 Å². The first kappa shape index (κ1) is 15.5. The van der Waals surface area contributed by atoms with Gasteiger partial charge in [-0.3, -0.25) is 0 Å². The number of rotatable bonds is 4. The summed E-state index contributed by atoms with van der Waals surface area (Å²) in [5.41, 5.74) is 1.46. The largest absolute Gasteiger partial charge is 0.456 e. The molecular formula is C15H21IO2. The zero-order chi connectivity index (χ0) is 13.8. The van der Waals surface area contributed by atoms with Gasteiger partial charge in [-0.2, -0.15) is 0 Å². The molecule has 0 fully saturated rings. The topological polar surface area (TPSA) is 26.3 Å². The Morgan fingerprint density at radius 1 is 1.28 bits per heavy atom. The highest BCUT2D eigenvalue weighted by atomic mass is 127. The number of hydrogen-bond acceptors (Lipinski definition) is 2. The molecule has 3 heteroatoms. The minimum atomic E-state index is -0.440. The van der Waals surface area contributed by atoms with Crippen LogP contribution in [-0.4, -0.2) is 16.0 Å². The summed E-state index contributed by atoms with van der Waals surface area (Å²) in [6, 6.07) is 7.76. The second-order valence-corrected chi connectivity index (χ2v) is 6.58. The van der Waals surface area contributed by atoms with Crippen LogP contribution in [0.4, 0.5) is 0 Å². The molecule has 1 atom stereocenters. The minimum Gasteiger partial charge on any atom is -0.456 e. The van der Waals surface area contributed by atoms with Gasteiger partial charge >= 0.3 is 5.97 Å². The normalized spacial score (nSPS) is 13.2. The summed E-state index contributed by atoms with van der Waals surface area (Å²) in [6.07, 6.45) is 1.16. The maximum absolute atomic E-state index is 11.8. The van der Waals surface area contributed by atoms with Crippen LogP contribution in [0.2, 0.25) is 0 Å². The molecule has 1 rings (SSSR count). The Kier molecular flexibility index (Phi) is 5.63. The molecule has 1 aromatic carbocycles. The molecule has 1 unspecified atom stereocenters. The van der Waals surface area contributed by atoms with Crippen molar-refractivity contribution in [1.29, 1.82) is 0 Å². The van der Waals surface area contributed by atoms with Gasteiger partial charge in [-0.25, -0.2) is 4.79 Å². The van der Waals surface area contributed by atoms with Gasteiger partial charge in [0, 0.05) is 4.43 Å². The number of benzene rings is 1. The maximum Gasteiger partial charge on any atom is 0.338 e. The van der Waals surface area contributed by atoms with Crippen LogP contribution in [0.15, 0.2) is 24.3 Å². The van der Waals surface area contributed by atoms with E-state index in [2.05, 4.69) is 29.5 Å². The third-order valence-electron chi connectivity index (χ3n) is 2.66. The van der Waals surface area contributed by atoms with Crippen molar-refractivity contribution in [3.8, 4) is 0 Å². The van der Waals surface area contributed by atoms with Gasteiger partial charge in [0.05, 0.1) is 5.56 Å². The van der Waals surface area contributed by atoms with Crippen LogP contribution >= 0.6 is 22.6 Å². The quantitative estimate of drug-likeness (QED) is 0.447. The SMILES string of the molecule is CC(CCI)c1ccc(C(=O)OC(C)(C)C)cc1. The Bertz CT molecular complexity index is 390. The highest BCUT2D eigenvalue weighted by Gasteiger charge is 2.17. The van der Waals surface area contributed by atoms with Gasteiger partial charge in [0.2, 0.25) is 0 Å². The van der Waals surface area contributed by atoms with Gasteiger partial charge in [0.15, 0.2) is 0 Å². The van der Waals surface area contributed by atoms with Crippen molar-refractivity contribution in [2.24, 2.45) is 0 Å². The molecular weight excluding hydrogens is 339 g/mol. The Hall–Kier alpha value is -0.580. The lowest BCUT2D eigenvalue weighted by Crippen LogP contribution is -2.23. The third-order valence-corrected chi connectivity index (χ3v) is 3.28. The number of ether oxygens (including phenoxy) is 1. The second kappa shape index (κ2) is 6.55. The van der Waals surface area contributed by atoms with Crippen molar-refractivity contribution >= 4 is 28.6 Å². The van der Waals surface area contributed by atoms with E-state index in [1.807, 2.05) is 45.0 Å². The smallest absolute Gasteiger partial charge is 0.338 e. The lowest BCUT2D eigenvalue weighted by molar-refractivity contribution is 0.00695. The summed E-state index contributed by atoms with van der Waals surface area (Å²) in [7, 11) is 0. The van der Waals surface area contributed by atoms with Crippen LogP contribution in [-0.2, 0) is 4.74 Å². The number of carbonyl (C=O) groups excluding carboxylic acids is 1. The number of carbonyl (C=O) groups is 1. The van der Waals surface area contributed by atoms with Crippen LogP contribution in [0.5, 0.6) is 0 Å². The second-order valence-electron chi connectivity index (χ2n) is 5.50. The first-order valence-electron chi connectivity index (χ1n) is 6.23. The Balaban J connectivity index is 2.74. The van der Waals surface area contributed by atoms with Gasteiger partial charge in [0.25, 0.3) is 0 Å². The van der Waals surface area contributed by atoms with E-state index in [-0.39, 0.29) is 5.97 Å². The van der Waals surface area contributed by atoms with E-state index in [1.54, 1.807) is 0 Å². The van der Waals surface area contributed by atoms with Crippen LogP contribution in [0, 0.1) is 0 Å². The predicted molar refractivity (Wildman–Crippen MR) is 83.5 cm³/mol. The summed E-state index contributed by atoms with van der Waals surface area (Å²) in [5, 5.41) is 0. The van der Waals surface area contributed by atoms with Crippen LogP contribution in [0.1, 0.15) is 56.0 Å². The fraction of sp³-hybridized carbons (Fsp3) is 0.533. The third kappa shape index (κ3) is 4.96. The van der Waals surface area contributed by atoms with Crippen LogP contribution in [0.3, 0.4) is 0 Å². The zero-order valence-corrected chi connectivity index (χ0v) is 13.7. The van der Waals surface area contributed by atoms with Gasteiger partial charge in [-0.1, -0.05) is 41.6 Å². The van der Waals surface area contributed by atoms with E-state index >= 15 is 0 Å². The summed E-state index contributed by atoms with van der Waals surface area (Å²) in [5.74, 6) is 0.283. The van der Waals surface area contributed by atoms with Crippen molar-refractivity contribution in [3.05, 3.63) is 35.4 Å². The van der Waals surface area contributed by atoms with Gasteiger partial charge < -0.3 is 4.74 Å². The summed E-state index contributed by atoms with van der Waals surface area (Å²) < 4.78 is 6.48. The van der Waals surface area contributed by atoms with E-state index in [4.69, 9.17) is 4.74 Å².